The van der Waals surface area contributed by atoms with Crippen LogP contribution in [0.2, 0.25) is 0 Å². The third-order valence-corrected chi connectivity index (χ3v) is 5.40. The van der Waals surface area contributed by atoms with Crippen LogP contribution in [0.15, 0.2) is 0 Å². The summed E-state index contributed by atoms with van der Waals surface area (Å²) in [5.41, 5.74) is 0.762. The van der Waals surface area contributed by atoms with Gasteiger partial charge >= 0.3 is 0 Å². The molecule has 3 nitrogen and oxygen atoms in total. The van der Waals surface area contributed by atoms with E-state index in [4.69, 9.17) is 0 Å². The molecule has 1 N–H and O–H groups in total. The average molecular weight is 267 g/mol. The van der Waals surface area contributed by atoms with Gasteiger partial charge in [0.05, 0.1) is 0 Å². The van der Waals surface area contributed by atoms with Crippen LogP contribution in [0.25, 0.3) is 0 Å². The first-order chi connectivity index (χ1) is 8.81. The molecule has 1 unspecified atom stereocenters. The van der Waals surface area contributed by atoms with Crippen molar-refractivity contribution in [2.24, 2.45) is 5.41 Å². The maximum atomic E-state index is 3.87. The minimum absolute atomic E-state index is 0.278. The Balaban J connectivity index is 1.83. The number of nitrogens with zero attached hydrogens (tertiary/aromatic N) is 2. The predicted octanol–water partition coefficient (Wildman–Crippen LogP) is 2.18. The zero-order valence-electron chi connectivity index (χ0n) is 13.6. The molecule has 2 aliphatic rings. The predicted molar refractivity (Wildman–Crippen MR) is 82.6 cm³/mol. The smallest absolute Gasteiger partial charge is 0.0278 e. The molecule has 1 saturated heterocycles. The lowest BCUT2D eigenvalue weighted by molar-refractivity contribution is 0.0575. The summed E-state index contributed by atoms with van der Waals surface area (Å²) in [5, 5.41) is 3.87. The van der Waals surface area contributed by atoms with Crippen molar-refractivity contribution < 1.29 is 0 Å². The topological polar surface area (TPSA) is 18.5 Å². The number of rotatable bonds is 4. The summed E-state index contributed by atoms with van der Waals surface area (Å²) < 4.78 is 0. The number of hydrogen-bond donors (Lipinski definition) is 1. The van der Waals surface area contributed by atoms with E-state index in [0.717, 1.165) is 6.54 Å². The number of likely N-dealkylation sites (N-methyl/N-ethyl adjacent to an activating group) is 1. The van der Waals surface area contributed by atoms with Gasteiger partial charge in [0.25, 0.3) is 0 Å². The Kier molecular flexibility index (Phi) is 4.59. The summed E-state index contributed by atoms with van der Waals surface area (Å²) in [6.45, 7) is 15.6. The van der Waals surface area contributed by atoms with Crippen molar-refractivity contribution in [3.63, 3.8) is 0 Å². The minimum atomic E-state index is 0.278. The van der Waals surface area contributed by atoms with Crippen LogP contribution in [-0.4, -0.2) is 61.2 Å². The highest BCUT2D eigenvalue weighted by Gasteiger charge is 2.36. The molecule has 0 aromatic heterocycles. The molecule has 0 aromatic carbocycles. The van der Waals surface area contributed by atoms with Crippen LogP contribution >= 0.6 is 0 Å². The van der Waals surface area contributed by atoms with Crippen LogP contribution in [0.1, 0.15) is 47.0 Å². The largest absolute Gasteiger partial charge is 0.312 e. The lowest BCUT2D eigenvalue weighted by Gasteiger charge is -2.44. The highest BCUT2D eigenvalue weighted by Crippen LogP contribution is 2.37. The first-order valence-corrected chi connectivity index (χ1v) is 7.98. The summed E-state index contributed by atoms with van der Waals surface area (Å²) in [6.07, 6.45) is 4.12. The monoisotopic (exact) mass is 267 g/mol. The van der Waals surface area contributed by atoms with Gasteiger partial charge in [-0.1, -0.05) is 20.3 Å². The highest BCUT2D eigenvalue weighted by atomic mass is 15.3. The van der Waals surface area contributed by atoms with Crippen molar-refractivity contribution in [3.8, 4) is 0 Å². The summed E-state index contributed by atoms with van der Waals surface area (Å²) in [5.74, 6) is 0. The van der Waals surface area contributed by atoms with Gasteiger partial charge in [-0.05, 0) is 39.2 Å². The molecule has 0 radical (unpaired) electrons. The Hall–Kier alpha value is -0.120. The minimum Gasteiger partial charge on any atom is -0.312 e. The van der Waals surface area contributed by atoms with E-state index in [9.17, 15) is 0 Å². The standard InChI is InChI=1S/C16H33N3/c1-15(2)8-6-7-14(15)17-13-16(3,4)19-11-9-18(5)10-12-19/h14,17H,6-13H2,1-5H3. The summed E-state index contributed by atoms with van der Waals surface area (Å²) >= 11 is 0. The van der Waals surface area contributed by atoms with Gasteiger partial charge in [0, 0.05) is 44.3 Å². The summed E-state index contributed by atoms with van der Waals surface area (Å²) in [4.78, 5) is 5.09. The van der Waals surface area contributed by atoms with Gasteiger partial charge in [-0.15, -0.1) is 0 Å². The zero-order chi connectivity index (χ0) is 14.1. The van der Waals surface area contributed by atoms with Gasteiger partial charge in [0.15, 0.2) is 0 Å². The Labute approximate surface area is 119 Å². The maximum Gasteiger partial charge on any atom is 0.0278 e. The van der Waals surface area contributed by atoms with E-state index in [2.05, 4.69) is 49.9 Å². The van der Waals surface area contributed by atoms with Crippen molar-refractivity contribution in [1.29, 1.82) is 0 Å². The van der Waals surface area contributed by atoms with Crippen LogP contribution in [0.5, 0.6) is 0 Å². The third-order valence-electron chi connectivity index (χ3n) is 5.40. The molecule has 0 aromatic rings. The second kappa shape index (κ2) is 5.71. The number of nitrogens with one attached hydrogen (secondary N) is 1. The quantitative estimate of drug-likeness (QED) is 0.842. The van der Waals surface area contributed by atoms with E-state index >= 15 is 0 Å². The molecular formula is C16H33N3. The van der Waals surface area contributed by atoms with Gasteiger partial charge in [-0.3, -0.25) is 4.90 Å². The molecule has 1 heterocycles. The molecule has 1 saturated carbocycles. The number of piperazine rings is 1. The fraction of sp³-hybridized carbons (Fsp3) is 1.00. The first-order valence-electron chi connectivity index (χ1n) is 7.98. The van der Waals surface area contributed by atoms with Crippen LogP contribution in [0.4, 0.5) is 0 Å². The van der Waals surface area contributed by atoms with Gasteiger partial charge in [0.2, 0.25) is 0 Å². The molecule has 1 aliphatic carbocycles. The van der Waals surface area contributed by atoms with Crippen molar-refractivity contribution in [2.45, 2.75) is 58.5 Å². The molecule has 1 aliphatic heterocycles. The Morgan fingerprint density at radius 2 is 1.79 bits per heavy atom. The highest BCUT2D eigenvalue weighted by molar-refractivity contribution is 4.94. The Morgan fingerprint density at radius 1 is 1.16 bits per heavy atom. The second-order valence-electron chi connectivity index (χ2n) is 7.92. The summed E-state index contributed by atoms with van der Waals surface area (Å²) in [6, 6.07) is 0.708. The van der Waals surface area contributed by atoms with Gasteiger partial charge in [0.1, 0.15) is 0 Å². The van der Waals surface area contributed by atoms with Crippen molar-refractivity contribution >= 4 is 0 Å². The molecule has 3 heteroatoms. The molecule has 19 heavy (non-hydrogen) atoms. The van der Waals surface area contributed by atoms with E-state index in [1.165, 1.54) is 45.4 Å². The Morgan fingerprint density at radius 3 is 2.32 bits per heavy atom. The van der Waals surface area contributed by atoms with E-state index in [1.54, 1.807) is 0 Å². The maximum absolute atomic E-state index is 3.87. The molecule has 1 atom stereocenters. The van der Waals surface area contributed by atoms with Crippen LogP contribution in [0, 0.1) is 5.41 Å². The van der Waals surface area contributed by atoms with Gasteiger partial charge in [-0.2, -0.15) is 0 Å². The van der Waals surface area contributed by atoms with Crippen LogP contribution in [0.3, 0.4) is 0 Å². The fourth-order valence-corrected chi connectivity index (χ4v) is 3.60. The molecule has 112 valence electrons. The average Bonchev–Trinajstić information content (AvgIpc) is 2.66. The summed E-state index contributed by atoms with van der Waals surface area (Å²) in [7, 11) is 2.23. The second-order valence-corrected chi connectivity index (χ2v) is 7.92. The van der Waals surface area contributed by atoms with E-state index < -0.39 is 0 Å². The first kappa shape index (κ1) is 15.3. The molecule has 2 rings (SSSR count). The lowest BCUT2D eigenvalue weighted by atomic mass is 9.87. The molecule has 2 fully saturated rings. The van der Waals surface area contributed by atoms with E-state index in [0.29, 0.717) is 11.5 Å². The lowest BCUT2D eigenvalue weighted by Crippen LogP contribution is -2.58. The zero-order valence-corrected chi connectivity index (χ0v) is 13.6. The van der Waals surface area contributed by atoms with E-state index in [1.807, 2.05) is 0 Å². The van der Waals surface area contributed by atoms with Crippen molar-refractivity contribution in [2.75, 3.05) is 39.8 Å². The Bertz CT molecular complexity index is 290. The fourth-order valence-electron chi connectivity index (χ4n) is 3.60. The normalized spacial score (nSPS) is 29.8. The van der Waals surface area contributed by atoms with Crippen molar-refractivity contribution in [1.82, 2.24) is 15.1 Å². The molecular weight excluding hydrogens is 234 g/mol. The molecule has 0 bridgehead atoms. The molecule has 0 spiro atoms. The third kappa shape index (κ3) is 3.71. The van der Waals surface area contributed by atoms with Gasteiger partial charge < -0.3 is 10.2 Å². The number of hydrogen-bond acceptors (Lipinski definition) is 3. The van der Waals surface area contributed by atoms with E-state index in [-0.39, 0.29) is 5.54 Å². The SMILES string of the molecule is CN1CCN(C(C)(C)CNC2CCCC2(C)C)CC1. The van der Waals surface area contributed by atoms with Crippen LogP contribution in [-0.2, 0) is 0 Å². The van der Waals surface area contributed by atoms with Gasteiger partial charge in [-0.25, -0.2) is 0 Å². The van der Waals surface area contributed by atoms with Crippen LogP contribution < -0.4 is 5.32 Å². The molecule has 0 amide bonds. The van der Waals surface area contributed by atoms with Crippen molar-refractivity contribution in [3.05, 3.63) is 0 Å².